The number of ether oxygens (including phenoxy) is 3. The highest BCUT2D eigenvalue weighted by atomic mass is 35.5. The molecule has 1 fully saturated rings. The molecule has 0 radical (unpaired) electrons. The summed E-state index contributed by atoms with van der Waals surface area (Å²) in [5, 5.41) is 0.567. The van der Waals surface area contributed by atoms with Gasteiger partial charge in [-0.2, -0.15) is 0 Å². The van der Waals surface area contributed by atoms with Crippen molar-refractivity contribution < 1.29 is 19.0 Å². The van der Waals surface area contributed by atoms with Gasteiger partial charge in [0.2, 0.25) is 0 Å². The van der Waals surface area contributed by atoms with Gasteiger partial charge >= 0.3 is 0 Å². The SMILES string of the molecule is COc1cccc(OCCCOc2ccc(Cl)cc2/C=C2\SC(=S)N(C)C2=O)c1. The molecule has 1 heterocycles. The van der Waals surface area contributed by atoms with Crippen molar-refractivity contribution in [2.75, 3.05) is 27.4 Å². The zero-order valence-corrected chi connectivity index (χ0v) is 18.4. The highest BCUT2D eigenvalue weighted by molar-refractivity contribution is 8.26. The second kappa shape index (κ2) is 10.0. The van der Waals surface area contributed by atoms with E-state index in [2.05, 4.69) is 0 Å². The predicted molar refractivity (Wildman–Crippen MR) is 121 cm³/mol. The van der Waals surface area contributed by atoms with E-state index in [1.54, 1.807) is 38.4 Å². The molecule has 2 aromatic carbocycles. The van der Waals surface area contributed by atoms with Gasteiger partial charge in [0.15, 0.2) is 0 Å². The molecule has 0 N–H and O–H groups in total. The number of methoxy groups -OCH3 is 1. The molecular weight excluding hydrogens is 430 g/mol. The van der Waals surface area contributed by atoms with Crippen LogP contribution in [0.4, 0.5) is 0 Å². The Balaban J connectivity index is 1.58. The zero-order chi connectivity index (χ0) is 20.8. The summed E-state index contributed by atoms with van der Waals surface area (Å²) < 4.78 is 17.3. The lowest BCUT2D eigenvalue weighted by molar-refractivity contribution is -0.121. The molecule has 8 heteroatoms. The summed E-state index contributed by atoms with van der Waals surface area (Å²) in [6, 6.07) is 12.8. The average molecular weight is 450 g/mol. The first-order valence-corrected chi connectivity index (χ1v) is 10.5. The van der Waals surface area contributed by atoms with Gasteiger partial charge in [-0.05, 0) is 36.4 Å². The number of amides is 1. The van der Waals surface area contributed by atoms with Crippen LogP contribution in [-0.2, 0) is 4.79 Å². The van der Waals surface area contributed by atoms with Gasteiger partial charge in [-0.15, -0.1) is 0 Å². The van der Waals surface area contributed by atoms with Crippen molar-refractivity contribution in [1.29, 1.82) is 0 Å². The standard InChI is InChI=1S/C21H20ClNO4S2/c1-23-20(24)19(29-21(23)28)12-14-11-15(22)7-8-18(14)27-10-4-9-26-17-6-3-5-16(13-17)25-2/h3,5-8,11-13H,4,9-10H2,1-2H3/b19-12-. The fourth-order valence-electron chi connectivity index (χ4n) is 2.57. The normalized spacial score (nSPS) is 15.1. The molecule has 0 aromatic heterocycles. The lowest BCUT2D eigenvalue weighted by Crippen LogP contribution is -2.22. The predicted octanol–water partition coefficient (Wildman–Crippen LogP) is 5.03. The van der Waals surface area contributed by atoms with Crippen LogP contribution in [0.3, 0.4) is 0 Å². The first-order valence-electron chi connectivity index (χ1n) is 8.88. The Hall–Kier alpha value is -2.22. The van der Waals surface area contributed by atoms with E-state index in [4.69, 9.17) is 38.0 Å². The summed E-state index contributed by atoms with van der Waals surface area (Å²) >= 11 is 12.6. The van der Waals surface area contributed by atoms with Crippen molar-refractivity contribution in [3.63, 3.8) is 0 Å². The lowest BCUT2D eigenvalue weighted by Gasteiger charge is -2.11. The van der Waals surface area contributed by atoms with Crippen LogP contribution in [0.2, 0.25) is 5.02 Å². The number of hydrogen-bond donors (Lipinski definition) is 0. The topological polar surface area (TPSA) is 48.0 Å². The summed E-state index contributed by atoms with van der Waals surface area (Å²) in [7, 11) is 3.28. The van der Waals surface area contributed by atoms with Crippen LogP contribution in [0, 0.1) is 0 Å². The van der Waals surface area contributed by atoms with E-state index in [0.717, 1.165) is 17.1 Å². The molecule has 1 saturated heterocycles. The smallest absolute Gasteiger partial charge is 0.265 e. The van der Waals surface area contributed by atoms with Crippen LogP contribution >= 0.6 is 35.6 Å². The van der Waals surface area contributed by atoms with Crippen molar-refractivity contribution in [2.45, 2.75) is 6.42 Å². The number of likely N-dealkylation sites (N-methyl/N-ethyl adjacent to an activating group) is 1. The van der Waals surface area contributed by atoms with Gasteiger partial charge in [0.05, 0.1) is 25.2 Å². The molecule has 0 aliphatic carbocycles. The molecule has 29 heavy (non-hydrogen) atoms. The van der Waals surface area contributed by atoms with Gasteiger partial charge < -0.3 is 14.2 Å². The molecule has 1 aliphatic rings. The molecule has 2 aromatic rings. The molecule has 0 bridgehead atoms. The van der Waals surface area contributed by atoms with Gasteiger partial charge in [0.25, 0.3) is 5.91 Å². The highest BCUT2D eigenvalue weighted by Gasteiger charge is 2.29. The zero-order valence-electron chi connectivity index (χ0n) is 16.0. The monoisotopic (exact) mass is 449 g/mol. The quantitative estimate of drug-likeness (QED) is 0.320. The van der Waals surface area contributed by atoms with E-state index in [-0.39, 0.29) is 5.91 Å². The number of hydrogen-bond acceptors (Lipinski definition) is 6. The van der Waals surface area contributed by atoms with E-state index in [1.807, 2.05) is 24.3 Å². The highest BCUT2D eigenvalue weighted by Crippen LogP contribution is 2.34. The van der Waals surface area contributed by atoms with Crippen LogP contribution in [0.25, 0.3) is 6.08 Å². The molecule has 0 atom stereocenters. The molecular formula is C21H20ClNO4S2. The molecule has 0 saturated carbocycles. The van der Waals surface area contributed by atoms with Gasteiger partial charge in [-0.25, -0.2) is 0 Å². The number of carbonyl (C=O) groups is 1. The molecule has 5 nitrogen and oxygen atoms in total. The fraction of sp³-hybridized carbons (Fsp3) is 0.238. The summed E-state index contributed by atoms with van der Waals surface area (Å²) in [5.74, 6) is 2.02. The van der Waals surface area contributed by atoms with E-state index in [0.29, 0.717) is 39.6 Å². The Morgan fingerprint density at radius 3 is 2.62 bits per heavy atom. The molecule has 0 spiro atoms. The third kappa shape index (κ3) is 5.65. The van der Waals surface area contributed by atoms with Gasteiger partial charge in [-0.3, -0.25) is 9.69 Å². The maximum absolute atomic E-state index is 12.2. The van der Waals surface area contributed by atoms with E-state index >= 15 is 0 Å². The van der Waals surface area contributed by atoms with Crippen molar-refractivity contribution in [3.8, 4) is 17.2 Å². The van der Waals surface area contributed by atoms with E-state index < -0.39 is 0 Å². The maximum atomic E-state index is 12.2. The molecule has 1 amide bonds. The third-order valence-corrected chi connectivity index (χ3v) is 5.82. The van der Waals surface area contributed by atoms with Gasteiger partial charge in [0, 0.05) is 30.1 Å². The van der Waals surface area contributed by atoms with Crippen LogP contribution in [0.5, 0.6) is 17.2 Å². The summed E-state index contributed by atoms with van der Waals surface area (Å²) in [6.45, 7) is 0.964. The Bertz CT molecular complexity index is 948. The Morgan fingerprint density at radius 2 is 1.90 bits per heavy atom. The number of carbonyl (C=O) groups excluding carboxylic acids is 1. The average Bonchev–Trinajstić information content (AvgIpc) is 2.96. The van der Waals surface area contributed by atoms with Crippen LogP contribution in [0.15, 0.2) is 47.4 Å². The Morgan fingerprint density at radius 1 is 1.14 bits per heavy atom. The first-order chi connectivity index (χ1) is 14.0. The lowest BCUT2D eigenvalue weighted by atomic mass is 10.2. The summed E-state index contributed by atoms with van der Waals surface area (Å²) in [6.07, 6.45) is 2.45. The largest absolute Gasteiger partial charge is 0.497 e. The summed E-state index contributed by atoms with van der Waals surface area (Å²) in [5.41, 5.74) is 0.736. The van der Waals surface area contributed by atoms with E-state index in [1.165, 1.54) is 16.7 Å². The number of benzene rings is 2. The Labute approximate surface area is 184 Å². The maximum Gasteiger partial charge on any atom is 0.265 e. The van der Waals surface area contributed by atoms with Gasteiger partial charge in [-0.1, -0.05) is 41.6 Å². The minimum absolute atomic E-state index is 0.127. The second-order valence-corrected chi connectivity index (χ2v) is 8.26. The fourth-order valence-corrected chi connectivity index (χ4v) is 3.92. The van der Waals surface area contributed by atoms with Gasteiger partial charge in [0.1, 0.15) is 21.6 Å². The van der Waals surface area contributed by atoms with E-state index in [9.17, 15) is 4.79 Å². The second-order valence-electron chi connectivity index (χ2n) is 6.15. The van der Waals surface area contributed by atoms with Crippen LogP contribution in [0.1, 0.15) is 12.0 Å². The molecule has 152 valence electrons. The first kappa shape index (κ1) is 21.5. The molecule has 3 rings (SSSR count). The number of nitrogens with zero attached hydrogens (tertiary/aromatic N) is 1. The number of thiocarbonyl (C=S) groups is 1. The molecule has 0 unspecified atom stereocenters. The van der Waals surface area contributed by atoms with Crippen molar-refractivity contribution in [2.24, 2.45) is 0 Å². The number of thioether (sulfide) groups is 1. The minimum atomic E-state index is -0.127. The van der Waals surface area contributed by atoms with Crippen molar-refractivity contribution in [1.82, 2.24) is 4.90 Å². The minimum Gasteiger partial charge on any atom is -0.497 e. The molecule has 1 aliphatic heterocycles. The van der Waals surface area contributed by atoms with Crippen molar-refractivity contribution in [3.05, 3.63) is 58.0 Å². The van der Waals surface area contributed by atoms with Crippen molar-refractivity contribution >= 4 is 51.9 Å². The summed E-state index contributed by atoms with van der Waals surface area (Å²) in [4.78, 5) is 14.2. The number of halogens is 1. The van der Waals surface area contributed by atoms with Crippen LogP contribution in [-0.4, -0.2) is 42.5 Å². The number of rotatable bonds is 8. The van der Waals surface area contributed by atoms with Crippen LogP contribution < -0.4 is 14.2 Å². The third-order valence-electron chi connectivity index (χ3n) is 4.10. The Kier molecular flexibility index (Phi) is 7.41.